The van der Waals surface area contributed by atoms with E-state index in [-0.39, 0.29) is 38.3 Å². The maximum Gasteiger partial charge on any atom is 0.410 e. The van der Waals surface area contributed by atoms with Crippen LogP contribution in [-0.4, -0.2) is 42.0 Å². The highest BCUT2D eigenvalue weighted by molar-refractivity contribution is 5.68. The maximum atomic E-state index is 14.7. The smallest absolute Gasteiger partial charge is 0.410 e. The van der Waals surface area contributed by atoms with Gasteiger partial charge in [0.2, 0.25) is 0 Å². The zero-order valence-corrected chi connectivity index (χ0v) is 13.8. The van der Waals surface area contributed by atoms with Gasteiger partial charge in [0.25, 0.3) is 0 Å². The first-order valence-corrected chi connectivity index (χ1v) is 7.73. The molecule has 0 saturated carbocycles. The highest BCUT2D eigenvalue weighted by Gasteiger charge is 2.38. The number of benzene rings is 1. The average molecular weight is 327 g/mol. The molecule has 4 nitrogen and oxygen atoms in total. The van der Waals surface area contributed by atoms with Gasteiger partial charge >= 0.3 is 6.09 Å². The molecule has 0 spiro atoms. The van der Waals surface area contributed by atoms with E-state index < -0.39 is 23.2 Å². The van der Waals surface area contributed by atoms with Crippen LogP contribution >= 0.6 is 0 Å². The Kier molecular flexibility index (Phi) is 5.12. The molecule has 23 heavy (non-hydrogen) atoms. The van der Waals surface area contributed by atoms with Gasteiger partial charge < -0.3 is 14.4 Å². The molecule has 1 aliphatic heterocycles. The molecule has 1 heterocycles. The number of alkyl halides is 1. The molecule has 0 radical (unpaired) electrons. The van der Waals surface area contributed by atoms with Gasteiger partial charge in [-0.25, -0.2) is 13.6 Å². The number of nitrogens with zero attached hydrogens (tertiary/aromatic N) is 1. The summed E-state index contributed by atoms with van der Waals surface area (Å²) in [4.78, 5) is 13.4. The molecule has 6 heteroatoms. The Morgan fingerprint density at radius 2 is 1.87 bits per heavy atom. The number of amides is 1. The van der Waals surface area contributed by atoms with Crippen molar-refractivity contribution in [3.63, 3.8) is 0 Å². The van der Waals surface area contributed by atoms with Gasteiger partial charge in [-0.05, 0) is 32.9 Å². The van der Waals surface area contributed by atoms with Crippen LogP contribution in [0.4, 0.5) is 13.6 Å². The molecule has 0 N–H and O–H groups in total. The number of para-hydroxylation sites is 1. The first-order chi connectivity index (χ1) is 10.7. The van der Waals surface area contributed by atoms with Crippen LogP contribution in [-0.2, 0) is 4.74 Å². The number of halogens is 2. The van der Waals surface area contributed by atoms with Gasteiger partial charge in [-0.2, -0.15) is 0 Å². The minimum Gasteiger partial charge on any atom is -0.487 e. The van der Waals surface area contributed by atoms with Crippen LogP contribution in [0.15, 0.2) is 24.3 Å². The molecule has 0 aliphatic carbocycles. The molecule has 1 aliphatic rings. The van der Waals surface area contributed by atoms with E-state index in [1.54, 1.807) is 32.9 Å². The lowest BCUT2D eigenvalue weighted by molar-refractivity contribution is -0.00953. The van der Waals surface area contributed by atoms with Crippen LogP contribution in [0.3, 0.4) is 0 Å². The second kappa shape index (κ2) is 6.72. The molecule has 2 rings (SSSR count). The van der Waals surface area contributed by atoms with Crippen molar-refractivity contribution >= 4 is 6.09 Å². The van der Waals surface area contributed by atoms with Crippen molar-refractivity contribution in [2.75, 3.05) is 19.7 Å². The van der Waals surface area contributed by atoms with Gasteiger partial charge in [0.15, 0.2) is 11.6 Å². The summed E-state index contributed by atoms with van der Waals surface area (Å²) in [7, 11) is 0. The van der Waals surface area contributed by atoms with Crippen molar-refractivity contribution in [2.45, 2.75) is 44.9 Å². The molecule has 1 saturated heterocycles. The number of hydrogen-bond acceptors (Lipinski definition) is 3. The zero-order chi connectivity index (χ0) is 17.1. The molecule has 1 aromatic rings. The van der Waals surface area contributed by atoms with E-state index in [2.05, 4.69) is 0 Å². The van der Waals surface area contributed by atoms with Crippen LogP contribution < -0.4 is 4.74 Å². The largest absolute Gasteiger partial charge is 0.487 e. The van der Waals surface area contributed by atoms with Crippen LogP contribution in [0.25, 0.3) is 0 Å². The van der Waals surface area contributed by atoms with Crippen LogP contribution in [0.2, 0.25) is 0 Å². The lowest BCUT2D eigenvalue weighted by Gasteiger charge is -2.36. The Morgan fingerprint density at radius 1 is 1.26 bits per heavy atom. The van der Waals surface area contributed by atoms with E-state index in [0.29, 0.717) is 0 Å². The minimum absolute atomic E-state index is 0.0408. The van der Waals surface area contributed by atoms with Crippen molar-refractivity contribution in [2.24, 2.45) is 0 Å². The molecule has 1 aromatic carbocycles. The molecular weight excluding hydrogens is 304 g/mol. The van der Waals surface area contributed by atoms with Crippen molar-refractivity contribution in [1.82, 2.24) is 4.90 Å². The lowest BCUT2D eigenvalue weighted by Crippen LogP contribution is -2.48. The number of hydrogen-bond donors (Lipinski definition) is 0. The number of carbonyl (C=O) groups is 1. The van der Waals surface area contributed by atoms with Crippen LogP contribution in [0, 0.1) is 5.82 Å². The number of piperidine rings is 1. The Morgan fingerprint density at radius 3 is 2.43 bits per heavy atom. The molecule has 0 bridgehead atoms. The third kappa shape index (κ3) is 5.08. The fraction of sp³-hybridized carbons (Fsp3) is 0.588. The fourth-order valence-electron chi connectivity index (χ4n) is 2.33. The van der Waals surface area contributed by atoms with Crippen molar-refractivity contribution in [3.05, 3.63) is 30.1 Å². The van der Waals surface area contributed by atoms with Gasteiger partial charge in [0.1, 0.15) is 17.9 Å². The highest BCUT2D eigenvalue weighted by atomic mass is 19.1. The van der Waals surface area contributed by atoms with E-state index in [9.17, 15) is 13.6 Å². The Bertz CT molecular complexity index is 549. The first kappa shape index (κ1) is 17.5. The van der Waals surface area contributed by atoms with Gasteiger partial charge in [-0.15, -0.1) is 0 Å². The third-order valence-corrected chi connectivity index (χ3v) is 3.63. The summed E-state index contributed by atoms with van der Waals surface area (Å²) in [5, 5.41) is 0. The van der Waals surface area contributed by atoms with Crippen molar-refractivity contribution in [1.29, 1.82) is 0 Å². The number of ether oxygens (including phenoxy) is 2. The molecule has 1 amide bonds. The molecule has 0 atom stereocenters. The SMILES string of the molecule is CC(C)(C)OC(=O)N1CCC(F)(COc2ccccc2F)CC1. The summed E-state index contributed by atoms with van der Waals surface area (Å²) in [6.07, 6.45) is -0.156. The zero-order valence-electron chi connectivity index (χ0n) is 13.8. The van der Waals surface area contributed by atoms with Crippen molar-refractivity contribution in [3.8, 4) is 5.75 Å². The second-order valence-corrected chi connectivity index (χ2v) is 6.84. The Hall–Kier alpha value is -1.85. The van der Waals surface area contributed by atoms with Crippen LogP contribution in [0.5, 0.6) is 5.75 Å². The number of likely N-dealkylation sites (tertiary alicyclic amines) is 1. The van der Waals surface area contributed by atoms with E-state index in [1.165, 1.54) is 17.0 Å². The fourth-order valence-corrected chi connectivity index (χ4v) is 2.33. The quantitative estimate of drug-likeness (QED) is 0.844. The van der Waals surface area contributed by atoms with Crippen molar-refractivity contribution < 1.29 is 23.0 Å². The summed E-state index contributed by atoms with van der Waals surface area (Å²) in [5.74, 6) is -0.471. The number of rotatable bonds is 3. The van der Waals surface area contributed by atoms with E-state index in [0.717, 1.165) is 0 Å². The molecular formula is C17H23F2NO3. The second-order valence-electron chi connectivity index (χ2n) is 6.84. The molecule has 128 valence electrons. The van der Waals surface area contributed by atoms with Gasteiger partial charge in [0.05, 0.1) is 0 Å². The number of carbonyl (C=O) groups excluding carboxylic acids is 1. The summed E-state index contributed by atoms with van der Waals surface area (Å²) >= 11 is 0. The maximum absolute atomic E-state index is 14.7. The summed E-state index contributed by atoms with van der Waals surface area (Å²) in [6.45, 7) is 5.65. The monoisotopic (exact) mass is 327 g/mol. The van der Waals surface area contributed by atoms with Gasteiger partial charge in [-0.3, -0.25) is 0 Å². The third-order valence-electron chi connectivity index (χ3n) is 3.63. The predicted octanol–water partition coefficient (Wildman–Crippen LogP) is 3.94. The van der Waals surface area contributed by atoms with E-state index in [1.807, 2.05) is 0 Å². The van der Waals surface area contributed by atoms with Gasteiger partial charge in [0, 0.05) is 25.9 Å². The van der Waals surface area contributed by atoms with E-state index >= 15 is 0 Å². The predicted molar refractivity (Wildman–Crippen MR) is 82.8 cm³/mol. The normalized spacial score (nSPS) is 17.7. The van der Waals surface area contributed by atoms with Crippen LogP contribution in [0.1, 0.15) is 33.6 Å². The Balaban J connectivity index is 1.85. The molecule has 0 aromatic heterocycles. The van der Waals surface area contributed by atoms with E-state index in [4.69, 9.17) is 9.47 Å². The summed E-state index contributed by atoms with van der Waals surface area (Å²) in [5.41, 5.74) is -2.14. The Labute approximate surface area is 135 Å². The average Bonchev–Trinajstić information content (AvgIpc) is 2.45. The highest BCUT2D eigenvalue weighted by Crippen LogP contribution is 2.29. The standard InChI is InChI=1S/C17H23F2NO3/c1-16(2,3)23-15(21)20-10-8-17(19,9-11-20)12-22-14-7-5-4-6-13(14)18/h4-7H,8-12H2,1-3H3. The van der Waals surface area contributed by atoms with Gasteiger partial charge in [-0.1, -0.05) is 12.1 Å². The topological polar surface area (TPSA) is 38.8 Å². The molecule has 1 fully saturated rings. The lowest BCUT2D eigenvalue weighted by atomic mass is 9.94. The molecule has 0 unspecified atom stereocenters. The first-order valence-electron chi connectivity index (χ1n) is 7.73. The summed E-state index contributed by atoms with van der Waals surface area (Å²) < 4.78 is 38.8. The minimum atomic E-state index is -1.57. The summed E-state index contributed by atoms with van der Waals surface area (Å²) in [6, 6.07) is 5.92.